The number of nitrogens with zero attached hydrogens (tertiary/aromatic N) is 3. The lowest BCUT2D eigenvalue weighted by Gasteiger charge is -2.26. The fourth-order valence-corrected chi connectivity index (χ4v) is 2.73. The zero-order valence-electron chi connectivity index (χ0n) is 11.4. The molecule has 0 spiro atoms. The fourth-order valence-electron chi connectivity index (χ4n) is 2.61. The number of allylic oxidation sites excluding steroid dienone is 2. The van der Waals surface area contributed by atoms with Gasteiger partial charge in [-0.15, -0.1) is 0 Å². The second kappa shape index (κ2) is 5.54. The van der Waals surface area contributed by atoms with Gasteiger partial charge in [-0.25, -0.2) is 0 Å². The largest absolute Gasteiger partial charge is 0.364 e. The average Bonchev–Trinajstić information content (AvgIpc) is 2.96. The predicted octanol–water partition coefficient (Wildman–Crippen LogP) is 2.50. The molecule has 0 saturated carbocycles. The number of benzene rings is 1. The second-order valence-corrected chi connectivity index (χ2v) is 5.23. The van der Waals surface area contributed by atoms with Crippen molar-refractivity contribution in [2.24, 2.45) is 0 Å². The molecule has 6 nitrogen and oxygen atoms in total. The Morgan fingerprint density at radius 2 is 2.14 bits per heavy atom. The number of nitrogens with one attached hydrogen (secondary N) is 1. The lowest BCUT2D eigenvalue weighted by Crippen LogP contribution is -2.27. The van der Waals surface area contributed by atoms with E-state index in [1.54, 1.807) is 18.2 Å². The summed E-state index contributed by atoms with van der Waals surface area (Å²) >= 11 is 5.91. The molecule has 22 heavy (non-hydrogen) atoms. The highest BCUT2D eigenvalue weighted by Gasteiger charge is 2.36. The van der Waals surface area contributed by atoms with Crippen LogP contribution in [0.4, 0.5) is 0 Å². The molecule has 2 aliphatic heterocycles. The van der Waals surface area contributed by atoms with Crippen LogP contribution < -0.4 is 5.32 Å². The minimum atomic E-state index is -0.459. The fraction of sp³-hybridized carbons (Fsp3) is 0.133. The highest BCUT2D eigenvalue weighted by Crippen LogP contribution is 2.35. The van der Waals surface area contributed by atoms with Crippen molar-refractivity contribution in [1.29, 1.82) is 5.26 Å². The summed E-state index contributed by atoms with van der Waals surface area (Å²) in [4.78, 5) is 12.8. The number of rotatable bonds is 2. The van der Waals surface area contributed by atoms with E-state index in [9.17, 15) is 10.1 Å². The molecule has 7 heteroatoms. The molecule has 110 valence electrons. The van der Waals surface area contributed by atoms with Crippen LogP contribution in [0.3, 0.4) is 0 Å². The van der Waals surface area contributed by atoms with Crippen molar-refractivity contribution in [2.45, 2.75) is 0 Å². The van der Waals surface area contributed by atoms with Gasteiger partial charge in [0, 0.05) is 24.2 Å². The first-order valence-corrected chi connectivity index (χ1v) is 6.97. The molecule has 0 bridgehead atoms. The standard InChI is InChI=1S/C15H11ClN4O2/c16-12-3-1-10(2-4-12)13-9-11(5-6-17)14(20(21)22)15-18-7-8-19(13)15/h1-5,9,18H,7-8H2/b11-5-. The minimum absolute atomic E-state index is 0.0724. The number of hydrogen-bond donors (Lipinski definition) is 1. The van der Waals surface area contributed by atoms with Crippen LogP contribution in [0.1, 0.15) is 5.56 Å². The molecular formula is C15H11ClN4O2. The molecule has 0 aromatic heterocycles. The molecule has 0 atom stereocenters. The monoisotopic (exact) mass is 314 g/mol. The SMILES string of the molecule is N#C/C=C1/C=C(c2ccc(Cl)cc2)N2CCNC2=C1[N+](=O)[O-]. The van der Waals surface area contributed by atoms with Gasteiger partial charge in [0.25, 0.3) is 0 Å². The minimum Gasteiger partial charge on any atom is -0.364 e. The average molecular weight is 315 g/mol. The highest BCUT2D eigenvalue weighted by molar-refractivity contribution is 6.30. The molecule has 0 unspecified atom stereocenters. The van der Waals surface area contributed by atoms with Crippen molar-refractivity contribution in [2.75, 3.05) is 13.1 Å². The van der Waals surface area contributed by atoms with Crippen molar-refractivity contribution in [3.8, 4) is 6.07 Å². The van der Waals surface area contributed by atoms with Crippen LogP contribution in [-0.2, 0) is 0 Å². The summed E-state index contributed by atoms with van der Waals surface area (Å²) in [6.07, 6.45) is 2.86. The molecule has 2 heterocycles. The van der Waals surface area contributed by atoms with Gasteiger partial charge in [-0.3, -0.25) is 10.1 Å². The van der Waals surface area contributed by atoms with Gasteiger partial charge in [0.15, 0.2) is 5.82 Å². The van der Waals surface area contributed by atoms with E-state index >= 15 is 0 Å². The summed E-state index contributed by atoms with van der Waals surface area (Å²) in [5.74, 6) is 0.430. The number of nitro groups is 1. The molecule has 1 fully saturated rings. The zero-order chi connectivity index (χ0) is 15.7. The Bertz CT molecular complexity index is 772. The van der Waals surface area contributed by atoms with Gasteiger partial charge in [-0.05, 0) is 23.8 Å². The molecule has 0 radical (unpaired) electrons. The van der Waals surface area contributed by atoms with Crippen LogP contribution in [0.2, 0.25) is 5.02 Å². The maximum Gasteiger partial charge on any atom is 0.317 e. The lowest BCUT2D eigenvalue weighted by molar-refractivity contribution is -0.422. The number of nitriles is 1. The summed E-state index contributed by atoms with van der Waals surface area (Å²) in [5, 5.41) is 23.9. The van der Waals surface area contributed by atoms with E-state index in [4.69, 9.17) is 16.9 Å². The first-order chi connectivity index (χ1) is 10.6. The molecule has 1 aromatic carbocycles. The van der Waals surface area contributed by atoms with Crippen LogP contribution in [-0.4, -0.2) is 22.9 Å². The summed E-state index contributed by atoms with van der Waals surface area (Å²) < 4.78 is 0. The van der Waals surface area contributed by atoms with Crippen molar-refractivity contribution < 1.29 is 4.92 Å². The van der Waals surface area contributed by atoms with Crippen LogP contribution >= 0.6 is 11.6 Å². The van der Waals surface area contributed by atoms with Gasteiger partial charge in [0.1, 0.15) is 0 Å². The third-order valence-corrected chi connectivity index (χ3v) is 3.77. The molecule has 0 aliphatic carbocycles. The van der Waals surface area contributed by atoms with Crippen molar-refractivity contribution in [3.63, 3.8) is 0 Å². The molecule has 1 saturated heterocycles. The zero-order valence-corrected chi connectivity index (χ0v) is 12.2. The molecule has 1 aromatic rings. The Kier molecular flexibility index (Phi) is 3.57. The van der Waals surface area contributed by atoms with E-state index in [2.05, 4.69) is 5.32 Å². The number of hydrogen-bond acceptors (Lipinski definition) is 5. The predicted molar refractivity (Wildman–Crippen MR) is 81.9 cm³/mol. The van der Waals surface area contributed by atoms with Crippen LogP contribution in [0.25, 0.3) is 5.70 Å². The van der Waals surface area contributed by atoms with Gasteiger partial charge in [0.05, 0.1) is 22.3 Å². The molecule has 3 rings (SSSR count). The van der Waals surface area contributed by atoms with Crippen LogP contribution in [0, 0.1) is 21.4 Å². The highest BCUT2D eigenvalue weighted by atomic mass is 35.5. The first kappa shape index (κ1) is 14.2. The Morgan fingerprint density at radius 1 is 1.41 bits per heavy atom. The van der Waals surface area contributed by atoms with Gasteiger partial charge in [0.2, 0.25) is 0 Å². The van der Waals surface area contributed by atoms with Gasteiger partial charge in [-0.2, -0.15) is 5.26 Å². The topological polar surface area (TPSA) is 82.2 Å². The quantitative estimate of drug-likeness (QED) is 0.515. The maximum absolute atomic E-state index is 11.4. The van der Waals surface area contributed by atoms with E-state index in [0.29, 0.717) is 23.9 Å². The van der Waals surface area contributed by atoms with Crippen LogP contribution in [0.15, 0.2) is 53.5 Å². The molecule has 0 amide bonds. The van der Waals surface area contributed by atoms with Crippen molar-refractivity contribution in [3.05, 3.63) is 74.2 Å². The van der Waals surface area contributed by atoms with E-state index in [-0.39, 0.29) is 11.3 Å². The van der Waals surface area contributed by atoms with Crippen molar-refractivity contribution >= 4 is 17.3 Å². The summed E-state index contributed by atoms with van der Waals surface area (Å²) in [5.41, 5.74) is 1.91. The van der Waals surface area contributed by atoms with E-state index < -0.39 is 4.92 Å². The Morgan fingerprint density at radius 3 is 2.77 bits per heavy atom. The Hall–Kier alpha value is -2.78. The van der Waals surface area contributed by atoms with E-state index in [1.165, 1.54) is 6.08 Å². The molecule has 1 N–H and O–H groups in total. The molecule has 2 aliphatic rings. The normalized spacial score (nSPS) is 18.6. The number of fused-ring (bicyclic) bond motifs is 1. The first-order valence-electron chi connectivity index (χ1n) is 6.59. The molecular weight excluding hydrogens is 304 g/mol. The Balaban J connectivity index is 2.15. The smallest absolute Gasteiger partial charge is 0.317 e. The van der Waals surface area contributed by atoms with Crippen LogP contribution in [0.5, 0.6) is 0 Å². The van der Waals surface area contributed by atoms with Gasteiger partial charge < -0.3 is 10.2 Å². The third-order valence-electron chi connectivity index (χ3n) is 3.52. The third kappa shape index (κ3) is 2.32. The van der Waals surface area contributed by atoms with E-state index in [1.807, 2.05) is 23.1 Å². The van der Waals surface area contributed by atoms with E-state index in [0.717, 1.165) is 11.3 Å². The van der Waals surface area contributed by atoms with Gasteiger partial charge >= 0.3 is 5.70 Å². The van der Waals surface area contributed by atoms with Gasteiger partial charge in [-0.1, -0.05) is 23.7 Å². The van der Waals surface area contributed by atoms with Crippen molar-refractivity contribution in [1.82, 2.24) is 10.2 Å². The maximum atomic E-state index is 11.4. The number of halogens is 1. The summed E-state index contributed by atoms with van der Waals surface area (Å²) in [7, 11) is 0. The summed E-state index contributed by atoms with van der Waals surface area (Å²) in [6.45, 7) is 1.23. The second-order valence-electron chi connectivity index (χ2n) is 4.80. The summed E-state index contributed by atoms with van der Waals surface area (Å²) in [6, 6.07) is 9.11. The lowest BCUT2D eigenvalue weighted by atomic mass is 10.0. The Labute approximate surface area is 131 Å².